The maximum absolute atomic E-state index is 12.5. The van der Waals surface area contributed by atoms with Gasteiger partial charge in [0.05, 0.1) is 20.6 Å². The van der Waals surface area contributed by atoms with Crippen molar-refractivity contribution in [3.63, 3.8) is 0 Å². The van der Waals surface area contributed by atoms with E-state index in [1.54, 1.807) is 0 Å². The first-order chi connectivity index (χ1) is 14.1. The van der Waals surface area contributed by atoms with Crippen molar-refractivity contribution in [3.05, 3.63) is 64.2 Å². The van der Waals surface area contributed by atoms with E-state index in [2.05, 4.69) is 16.7 Å². The van der Waals surface area contributed by atoms with Crippen LogP contribution in [0.3, 0.4) is 0 Å². The molecule has 3 rings (SSSR count). The number of carbonyl (C=O) groups excluding carboxylic acids is 2. The van der Waals surface area contributed by atoms with Crippen molar-refractivity contribution in [2.75, 3.05) is 16.9 Å². The summed E-state index contributed by atoms with van der Waals surface area (Å²) in [7, 11) is -3.35. The van der Waals surface area contributed by atoms with Crippen LogP contribution in [0.4, 0.5) is 11.4 Å². The summed E-state index contributed by atoms with van der Waals surface area (Å²) < 4.78 is 23.1. The topological polar surface area (TPSA) is 92.3 Å². The fourth-order valence-corrected chi connectivity index (χ4v) is 4.33. The Bertz CT molecular complexity index is 1090. The van der Waals surface area contributed by atoms with E-state index in [9.17, 15) is 18.0 Å². The Balaban J connectivity index is 1.69. The minimum Gasteiger partial charge on any atom is -0.326 e. The summed E-state index contributed by atoms with van der Waals surface area (Å²) in [5, 5.41) is 5.72. The predicted octanol–water partition coefficient (Wildman–Crippen LogP) is 4.94. The second kappa shape index (κ2) is 9.20. The van der Waals surface area contributed by atoms with Crippen molar-refractivity contribution >= 4 is 56.2 Å². The van der Waals surface area contributed by atoms with Crippen LogP contribution in [0, 0.1) is 5.92 Å². The van der Waals surface area contributed by atoms with E-state index in [4.69, 9.17) is 23.2 Å². The third-order valence-corrected chi connectivity index (χ3v) is 6.39. The van der Waals surface area contributed by atoms with Gasteiger partial charge in [-0.1, -0.05) is 35.4 Å². The fourth-order valence-electron chi connectivity index (χ4n) is 3.12. The highest BCUT2D eigenvalue weighted by molar-refractivity contribution is 7.90. The SMILES string of the molecule is CS(=O)(=O)c1ccc(C(=O)Nc2c(Cl)cc(NC(=O)CC3C=CCC3)cc2Cl)cc1. The van der Waals surface area contributed by atoms with Gasteiger partial charge >= 0.3 is 0 Å². The lowest BCUT2D eigenvalue weighted by Gasteiger charge is -2.13. The van der Waals surface area contributed by atoms with Gasteiger partial charge in [0.25, 0.3) is 5.91 Å². The first-order valence-corrected chi connectivity index (χ1v) is 11.9. The van der Waals surface area contributed by atoms with Crippen LogP contribution >= 0.6 is 23.2 Å². The van der Waals surface area contributed by atoms with Crippen LogP contribution in [-0.4, -0.2) is 26.5 Å². The minimum atomic E-state index is -3.35. The molecule has 0 radical (unpaired) electrons. The minimum absolute atomic E-state index is 0.114. The molecule has 0 saturated carbocycles. The summed E-state index contributed by atoms with van der Waals surface area (Å²) in [4.78, 5) is 24.8. The second-order valence-electron chi connectivity index (χ2n) is 7.08. The Hall–Kier alpha value is -2.35. The number of allylic oxidation sites excluding steroid dienone is 2. The second-order valence-corrected chi connectivity index (χ2v) is 9.91. The molecule has 158 valence electrons. The fraction of sp³-hybridized carbons (Fsp3) is 0.238. The third-order valence-electron chi connectivity index (χ3n) is 4.67. The van der Waals surface area contributed by atoms with Gasteiger partial charge < -0.3 is 10.6 Å². The van der Waals surface area contributed by atoms with Crippen LogP contribution in [0.5, 0.6) is 0 Å². The molecular formula is C21H20Cl2N2O4S. The average molecular weight is 467 g/mol. The number of benzene rings is 2. The van der Waals surface area contributed by atoms with Gasteiger partial charge in [-0.15, -0.1) is 0 Å². The number of rotatable bonds is 6. The largest absolute Gasteiger partial charge is 0.326 e. The lowest BCUT2D eigenvalue weighted by Crippen LogP contribution is -2.16. The zero-order valence-corrected chi connectivity index (χ0v) is 18.4. The number of carbonyl (C=O) groups is 2. The summed E-state index contributed by atoms with van der Waals surface area (Å²) in [6.07, 6.45) is 7.53. The molecule has 1 unspecified atom stereocenters. The number of hydrogen-bond donors (Lipinski definition) is 2. The van der Waals surface area contributed by atoms with Crippen molar-refractivity contribution in [1.82, 2.24) is 0 Å². The van der Waals surface area contributed by atoms with Crippen LogP contribution < -0.4 is 10.6 Å². The standard InChI is InChI=1S/C21H20Cl2N2O4S/c1-30(28,29)16-8-6-14(7-9-16)21(27)25-20-17(22)11-15(12-18(20)23)24-19(26)10-13-4-2-3-5-13/h2,4,6-9,11-13H,3,5,10H2,1H3,(H,24,26)(H,25,27). The molecule has 1 aliphatic rings. The molecule has 2 aromatic carbocycles. The molecule has 1 aliphatic carbocycles. The van der Waals surface area contributed by atoms with E-state index in [1.165, 1.54) is 36.4 Å². The molecule has 30 heavy (non-hydrogen) atoms. The molecule has 6 nitrogen and oxygen atoms in total. The predicted molar refractivity (Wildman–Crippen MR) is 119 cm³/mol. The number of sulfone groups is 1. The van der Waals surface area contributed by atoms with E-state index in [1.807, 2.05) is 6.08 Å². The van der Waals surface area contributed by atoms with Crippen molar-refractivity contribution in [2.24, 2.45) is 5.92 Å². The van der Waals surface area contributed by atoms with Gasteiger partial charge in [0.15, 0.2) is 9.84 Å². The van der Waals surface area contributed by atoms with Crippen molar-refractivity contribution in [2.45, 2.75) is 24.2 Å². The number of nitrogens with one attached hydrogen (secondary N) is 2. The summed E-state index contributed by atoms with van der Waals surface area (Å²) in [6.45, 7) is 0. The van der Waals surface area contributed by atoms with E-state index in [0.717, 1.165) is 19.1 Å². The van der Waals surface area contributed by atoms with Crippen LogP contribution in [0.1, 0.15) is 29.6 Å². The highest BCUT2D eigenvalue weighted by atomic mass is 35.5. The maximum Gasteiger partial charge on any atom is 0.255 e. The quantitative estimate of drug-likeness (QED) is 0.589. The third kappa shape index (κ3) is 5.62. The monoisotopic (exact) mass is 466 g/mol. The van der Waals surface area contributed by atoms with Crippen LogP contribution in [-0.2, 0) is 14.6 Å². The van der Waals surface area contributed by atoms with Crippen molar-refractivity contribution in [1.29, 1.82) is 0 Å². The van der Waals surface area contributed by atoms with Crippen LogP contribution in [0.15, 0.2) is 53.4 Å². The Kier molecular flexibility index (Phi) is 6.85. The number of anilines is 2. The van der Waals surface area contributed by atoms with Crippen LogP contribution in [0.25, 0.3) is 0 Å². The number of amides is 2. The van der Waals surface area contributed by atoms with Gasteiger partial charge in [-0.3, -0.25) is 9.59 Å². The van der Waals surface area contributed by atoms with E-state index in [-0.39, 0.29) is 38.0 Å². The van der Waals surface area contributed by atoms with E-state index in [0.29, 0.717) is 12.1 Å². The molecule has 2 aromatic rings. The summed E-state index contributed by atoms with van der Waals surface area (Å²) in [5.41, 5.74) is 0.885. The molecule has 0 aliphatic heterocycles. The molecule has 1 atom stereocenters. The van der Waals surface area contributed by atoms with Crippen LogP contribution in [0.2, 0.25) is 10.0 Å². The Morgan fingerprint density at radius 1 is 1.07 bits per heavy atom. The molecule has 9 heteroatoms. The molecule has 0 heterocycles. The molecule has 2 N–H and O–H groups in total. The van der Waals surface area contributed by atoms with Crippen molar-refractivity contribution in [3.8, 4) is 0 Å². The summed E-state index contributed by atoms with van der Waals surface area (Å²) in [6, 6.07) is 8.53. The summed E-state index contributed by atoms with van der Waals surface area (Å²) >= 11 is 12.5. The Labute approximate surface area is 185 Å². The van der Waals surface area contributed by atoms with Gasteiger partial charge in [0, 0.05) is 23.9 Å². The van der Waals surface area contributed by atoms with Gasteiger partial charge in [-0.2, -0.15) is 0 Å². The van der Waals surface area contributed by atoms with E-state index >= 15 is 0 Å². The first kappa shape index (κ1) is 22.3. The lowest BCUT2D eigenvalue weighted by atomic mass is 10.1. The normalized spacial score (nSPS) is 15.8. The van der Waals surface area contributed by atoms with Gasteiger partial charge in [-0.05, 0) is 55.2 Å². The molecule has 0 spiro atoms. The highest BCUT2D eigenvalue weighted by Crippen LogP contribution is 2.34. The molecule has 0 aromatic heterocycles. The Morgan fingerprint density at radius 3 is 2.23 bits per heavy atom. The number of halogens is 2. The number of hydrogen-bond acceptors (Lipinski definition) is 4. The molecule has 0 fully saturated rings. The van der Waals surface area contributed by atoms with Gasteiger partial charge in [0.1, 0.15) is 0 Å². The highest BCUT2D eigenvalue weighted by Gasteiger charge is 2.17. The molecule has 2 amide bonds. The zero-order valence-electron chi connectivity index (χ0n) is 16.1. The lowest BCUT2D eigenvalue weighted by molar-refractivity contribution is -0.116. The zero-order chi connectivity index (χ0) is 21.9. The maximum atomic E-state index is 12.5. The summed E-state index contributed by atoms with van der Waals surface area (Å²) in [5.74, 6) is -0.395. The van der Waals surface area contributed by atoms with E-state index < -0.39 is 15.7 Å². The van der Waals surface area contributed by atoms with Gasteiger partial charge in [-0.25, -0.2) is 8.42 Å². The van der Waals surface area contributed by atoms with Crippen molar-refractivity contribution < 1.29 is 18.0 Å². The molecular weight excluding hydrogens is 447 g/mol. The van der Waals surface area contributed by atoms with Gasteiger partial charge in [0.2, 0.25) is 5.91 Å². The smallest absolute Gasteiger partial charge is 0.255 e. The molecule has 0 saturated heterocycles. The first-order valence-electron chi connectivity index (χ1n) is 9.20. The Morgan fingerprint density at radius 2 is 1.70 bits per heavy atom. The average Bonchev–Trinajstić information content (AvgIpc) is 3.16. The molecule has 0 bridgehead atoms.